The fourth-order valence-electron chi connectivity index (χ4n) is 5.72. The predicted octanol–water partition coefficient (Wildman–Crippen LogP) is 5.42. The first-order chi connectivity index (χ1) is 15.7. The van der Waals surface area contributed by atoms with Gasteiger partial charge in [0, 0.05) is 51.0 Å². The fraction of sp³-hybridized carbons (Fsp3) is 0.517. The Morgan fingerprint density at radius 3 is 2.41 bits per heavy atom. The molecule has 0 spiro atoms. The highest BCUT2D eigenvalue weighted by Gasteiger charge is 2.23. The zero-order chi connectivity index (χ0) is 21.9. The van der Waals surface area contributed by atoms with E-state index in [1.165, 1.54) is 93.0 Å². The van der Waals surface area contributed by atoms with Crippen molar-refractivity contribution < 1.29 is 0 Å². The summed E-state index contributed by atoms with van der Waals surface area (Å²) in [6.45, 7) is 13.3. The molecular formula is C29H39N3. The van der Waals surface area contributed by atoms with Gasteiger partial charge in [0.25, 0.3) is 0 Å². The smallest absolute Gasteiger partial charge is 0.0372 e. The van der Waals surface area contributed by atoms with Crippen molar-refractivity contribution in [2.75, 3.05) is 50.7 Å². The lowest BCUT2D eigenvalue weighted by Gasteiger charge is -2.38. The number of anilines is 1. The highest BCUT2D eigenvalue weighted by atomic mass is 15.3. The molecule has 3 aliphatic rings. The van der Waals surface area contributed by atoms with Gasteiger partial charge < -0.3 is 9.80 Å². The maximum atomic E-state index is 2.70. The number of hydrogen-bond acceptors (Lipinski definition) is 3. The Kier molecular flexibility index (Phi) is 6.66. The van der Waals surface area contributed by atoms with E-state index >= 15 is 0 Å². The summed E-state index contributed by atoms with van der Waals surface area (Å²) in [5, 5.41) is 0. The minimum absolute atomic E-state index is 0.695. The average Bonchev–Trinajstić information content (AvgIpc) is 3.28. The van der Waals surface area contributed by atoms with Gasteiger partial charge in [-0.2, -0.15) is 0 Å². The third kappa shape index (κ3) is 4.94. The Morgan fingerprint density at radius 2 is 1.66 bits per heavy atom. The quantitative estimate of drug-likeness (QED) is 0.607. The number of rotatable bonds is 6. The molecule has 32 heavy (non-hydrogen) atoms. The Morgan fingerprint density at radius 1 is 0.875 bits per heavy atom. The molecule has 170 valence electrons. The molecule has 1 aliphatic carbocycles. The van der Waals surface area contributed by atoms with Gasteiger partial charge in [0.05, 0.1) is 0 Å². The molecule has 0 bridgehead atoms. The van der Waals surface area contributed by atoms with Gasteiger partial charge in [-0.25, -0.2) is 0 Å². The fourth-order valence-corrected chi connectivity index (χ4v) is 5.72. The van der Waals surface area contributed by atoms with Gasteiger partial charge in [-0.3, -0.25) is 4.90 Å². The van der Waals surface area contributed by atoms with E-state index in [9.17, 15) is 0 Å². The lowest BCUT2D eigenvalue weighted by atomic mass is 9.92. The molecule has 0 aromatic heterocycles. The first kappa shape index (κ1) is 21.7. The molecule has 2 saturated heterocycles. The number of nitrogens with zero attached hydrogens (tertiary/aromatic N) is 3. The van der Waals surface area contributed by atoms with Gasteiger partial charge in [0.2, 0.25) is 0 Å². The average molecular weight is 430 g/mol. The maximum absolute atomic E-state index is 2.70. The van der Waals surface area contributed by atoms with Crippen molar-refractivity contribution >= 4 is 17.3 Å². The zero-order valence-electron chi connectivity index (χ0n) is 20.0. The Balaban J connectivity index is 1.11. The van der Waals surface area contributed by atoms with Gasteiger partial charge in [-0.15, -0.1) is 0 Å². The standard InChI is InChI=1S/C29H39N3/c1-23(2)31-18-16-30(17-19-31)13-10-24-11-14-32(15-12-24)29-9-5-8-27(22-29)28-20-25-6-3-4-7-26(25)21-28/h3-9,20,22-24H,10-19,21H2,1-2H3. The van der Waals surface area contributed by atoms with Crippen LogP contribution in [0, 0.1) is 5.92 Å². The highest BCUT2D eigenvalue weighted by Crippen LogP contribution is 2.34. The molecule has 0 radical (unpaired) electrons. The first-order valence-electron chi connectivity index (χ1n) is 12.8. The van der Waals surface area contributed by atoms with E-state index in [-0.39, 0.29) is 0 Å². The van der Waals surface area contributed by atoms with E-state index in [4.69, 9.17) is 0 Å². The summed E-state index contributed by atoms with van der Waals surface area (Å²) in [4.78, 5) is 7.93. The van der Waals surface area contributed by atoms with E-state index < -0.39 is 0 Å². The molecule has 2 aliphatic heterocycles. The maximum Gasteiger partial charge on any atom is 0.0372 e. The van der Waals surface area contributed by atoms with E-state index in [0.29, 0.717) is 6.04 Å². The van der Waals surface area contributed by atoms with Crippen LogP contribution in [0.1, 0.15) is 49.8 Å². The van der Waals surface area contributed by atoms with Gasteiger partial charge in [-0.1, -0.05) is 42.5 Å². The molecule has 0 amide bonds. The van der Waals surface area contributed by atoms with Crippen LogP contribution in [0.15, 0.2) is 48.5 Å². The second-order valence-corrected chi connectivity index (χ2v) is 10.3. The molecule has 2 aromatic rings. The van der Waals surface area contributed by atoms with Crippen molar-refractivity contribution in [3.8, 4) is 0 Å². The minimum Gasteiger partial charge on any atom is -0.371 e. The van der Waals surface area contributed by atoms with Crippen molar-refractivity contribution in [1.82, 2.24) is 9.80 Å². The Labute approximate surface area is 194 Å². The van der Waals surface area contributed by atoms with Crippen LogP contribution in [-0.4, -0.2) is 61.7 Å². The molecular weight excluding hydrogens is 390 g/mol. The summed E-state index contributed by atoms with van der Waals surface area (Å²) in [6, 6.07) is 18.8. The molecule has 0 unspecified atom stereocenters. The van der Waals surface area contributed by atoms with Crippen LogP contribution in [-0.2, 0) is 6.42 Å². The van der Waals surface area contributed by atoms with Crippen LogP contribution in [0.2, 0.25) is 0 Å². The molecule has 0 N–H and O–H groups in total. The minimum atomic E-state index is 0.695. The van der Waals surface area contributed by atoms with Crippen molar-refractivity contribution in [1.29, 1.82) is 0 Å². The summed E-state index contributed by atoms with van der Waals surface area (Å²) in [5.74, 6) is 0.893. The molecule has 2 aromatic carbocycles. The second kappa shape index (κ2) is 9.80. The number of piperazine rings is 1. The van der Waals surface area contributed by atoms with Crippen molar-refractivity contribution in [2.45, 2.75) is 45.6 Å². The van der Waals surface area contributed by atoms with Crippen molar-refractivity contribution in [2.24, 2.45) is 5.92 Å². The number of piperidine rings is 1. The number of fused-ring (bicyclic) bond motifs is 1. The summed E-state index contributed by atoms with van der Waals surface area (Å²) < 4.78 is 0. The van der Waals surface area contributed by atoms with Crippen molar-refractivity contribution in [3.05, 3.63) is 65.2 Å². The zero-order valence-corrected chi connectivity index (χ0v) is 20.0. The predicted molar refractivity (Wildman–Crippen MR) is 137 cm³/mol. The van der Waals surface area contributed by atoms with Crippen LogP contribution < -0.4 is 4.90 Å². The monoisotopic (exact) mass is 429 g/mol. The van der Waals surface area contributed by atoms with E-state index in [1.807, 2.05) is 0 Å². The summed E-state index contributed by atoms with van der Waals surface area (Å²) >= 11 is 0. The lowest BCUT2D eigenvalue weighted by molar-refractivity contribution is 0.103. The van der Waals surface area contributed by atoms with Gasteiger partial charge in [-0.05, 0) is 86.4 Å². The molecule has 0 saturated carbocycles. The van der Waals surface area contributed by atoms with Crippen LogP contribution >= 0.6 is 0 Å². The topological polar surface area (TPSA) is 9.72 Å². The first-order valence-corrected chi connectivity index (χ1v) is 12.8. The SMILES string of the molecule is CC(C)N1CCN(CCC2CCN(c3cccc(C4=Cc5ccccc5C4)c3)CC2)CC1. The molecule has 2 heterocycles. The molecule has 2 fully saturated rings. The molecule has 3 heteroatoms. The highest BCUT2D eigenvalue weighted by molar-refractivity contribution is 5.89. The summed E-state index contributed by atoms with van der Waals surface area (Å²) in [6.07, 6.45) is 7.49. The van der Waals surface area contributed by atoms with E-state index in [2.05, 4.69) is 83.2 Å². The van der Waals surface area contributed by atoms with Crippen LogP contribution in [0.4, 0.5) is 5.69 Å². The van der Waals surface area contributed by atoms with Gasteiger partial charge in [0.1, 0.15) is 0 Å². The summed E-state index contributed by atoms with van der Waals surface area (Å²) in [5.41, 5.74) is 7.10. The normalized spacial score (nSPS) is 20.6. The number of hydrogen-bond donors (Lipinski definition) is 0. The molecule has 0 atom stereocenters. The third-order valence-electron chi connectivity index (χ3n) is 7.95. The van der Waals surface area contributed by atoms with Crippen molar-refractivity contribution in [3.63, 3.8) is 0 Å². The van der Waals surface area contributed by atoms with Crippen LogP contribution in [0.25, 0.3) is 11.6 Å². The Hall–Kier alpha value is -2.10. The van der Waals surface area contributed by atoms with Gasteiger partial charge >= 0.3 is 0 Å². The number of benzene rings is 2. The summed E-state index contributed by atoms with van der Waals surface area (Å²) in [7, 11) is 0. The van der Waals surface area contributed by atoms with Gasteiger partial charge in [0.15, 0.2) is 0 Å². The Bertz CT molecular complexity index is 931. The van der Waals surface area contributed by atoms with E-state index in [0.717, 1.165) is 12.3 Å². The van der Waals surface area contributed by atoms with E-state index in [1.54, 1.807) is 0 Å². The largest absolute Gasteiger partial charge is 0.371 e. The van der Waals surface area contributed by atoms with Crippen LogP contribution in [0.5, 0.6) is 0 Å². The lowest BCUT2D eigenvalue weighted by Crippen LogP contribution is -2.49. The third-order valence-corrected chi connectivity index (χ3v) is 7.95. The molecule has 5 rings (SSSR count). The second-order valence-electron chi connectivity index (χ2n) is 10.3. The number of allylic oxidation sites excluding steroid dienone is 1. The molecule has 3 nitrogen and oxygen atoms in total. The van der Waals surface area contributed by atoms with Crippen LogP contribution in [0.3, 0.4) is 0 Å².